The lowest BCUT2D eigenvalue weighted by atomic mass is 9.75. The summed E-state index contributed by atoms with van der Waals surface area (Å²) in [7, 11) is -1.11. The van der Waals surface area contributed by atoms with E-state index in [4.69, 9.17) is 14.0 Å². The lowest BCUT2D eigenvalue weighted by Gasteiger charge is -2.32. The molecule has 1 heterocycles. The van der Waals surface area contributed by atoms with Crippen molar-refractivity contribution < 1.29 is 27.2 Å². The molecule has 0 spiro atoms. The maximum absolute atomic E-state index is 13.5. The largest absolute Gasteiger partial charge is 0.499 e. The topological polar surface area (TPSA) is 27.7 Å². The SMILES string of the molecule is CC1(C)OB(c2c(OC3CC3)cccc2C(F)(F)F)OC1(C)C. The molecule has 1 aliphatic carbocycles. The van der Waals surface area contributed by atoms with Gasteiger partial charge in [-0.3, -0.25) is 0 Å². The Labute approximate surface area is 134 Å². The van der Waals surface area contributed by atoms with E-state index in [1.165, 1.54) is 6.07 Å². The fourth-order valence-corrected chi connectivity index (χ4v) is 2.46. The van der Waals surface area contributed by atoms with Gasteiger partial charge in [0.2, 0.25) is 0 Å². The molecule has 0 atom stereocenters. The Morgan fingerprint density at radius 3 is 2.13 bits per heavy atom. The van der Waals surface area contributed by atoms with Gasteiger partial charge < -0.3 is 14.0 Å². The van der Waals surface area contributed by atoms with Crippen molar-refractivity contribution in [3.05, 3.63) is 23.8 Å². The minimum Gasteiger partial charge on any atom is -0.491 e. The van der Waals surface area contributed by atoms with Crippen molar-refractivity contribution in [3.63, 3.8) is 0 Å². The van der Waals surface area contributed by atoms with Crippen LogP contribution in [0.4, 0.5) is 13.2 Å². The fourth-order valence-electron chi connectivity index (χ4n) is 2.46. The number of alkyl halides is 3. The molecule has 0 unspecified atom stereocenters. The predicted octanol–water partition coefficient (Wildman–Crippen LogP) is 3.55. The van der Waals surface area contributed by atoms with E-state index in [1.54, 1.807) is 6.07 Å². The maximum Gasteiger partial charge on any atom is 0.499 e. The van der Waals surface area contributed by atoms with Crippen LogP contribution in [0.3, 0.4) is 0 Å². The van der Waals surface area contributed by atoms with E-state index < -0.39 is 30.1 Å². The second-order valence-electron chi connectivity index (χ2n) is 7.12. The van der Waals surface area contributed by atoms with Gasteiger partial charge in [0.05, 0.1) is 22.9 Å². The molecule has 3 rings (SSSR count). The Morgan fingerprint density at radius 2 is 1.65 bits per heavy atom. The molecule has 0 N–H and O–H groups in total. The molecular weight excluding hydrogens is 308 g/mol. The van der Waals surface area contributed by atoms with Crippen LogP contribution in [-0.4, -0.2) is 24.4 Å². The summed E-state index contributed by atoms with van der Waals surface area (Å²) in [5.41, 5.74) is -2.26. The second kappa shape index (κ2) is 5.15. The van der Waals surface area contributed by atoms with Gasteiger partial charge in [-0.1, -0.05) is 12.1 Å². The average molecular weight is 328 g/mol. The van der Waals surface area contributed by atoms with Crippen molar-refractivity contribution in [2.75, 3.05) is 0 Å². The van der Waals surface area contributed by atoms with Gasteiger partial charge in [-0.05, 0) is 46.6 Å². The summed E-state index contributed by atoms with van der Waals surface area (Å²) in [4.78, 5) is 0. The van der Waals surface area contributed by atoms with Crippen LogP contribution in [-0.2, 0) is 15.5 Å². The van der Waals surface area contributed by atoms with Crippen LogP contribution in [0.25, 0.3) is 0 Å². The van der Waals surface area contributed by atoms with E-state index in [2.05, 4.69) is 0 Å². The molecule has 126 valence electrons. The highest BCUT2D eigenvalue weighted by Gasteiger charge is 2.54. The highest BCUT2D eigenvalue weighted by Crippen LogP contribution is 2.40. The molecule has 7 heteroatoms. The molecule has 0 radical (unpaired) electrons. The third-order valence-electron chi connectivity index (χ3n) is 4.68. The quantitative estimate of drug-likeness (QED) is 0.795. The molecule has 0 aromatic heterocycles. The van der Waals surface area contributed by atoms with Crippen LogP contribution in [0, 0.1) is 0 Å². The van der Waals surface area contributed by atoms with Gasteiger partial charge >= 0.3 is 13.3 Å². The summed E-state index contributed by atoms with van der Waals surface area (Å²) < 4.78 is 57.7. The first-order valence-corrected chi connectivity index (χ1v) is 7.74. The summed E-state index contributed by atoms with van der Waals surface area (Å²) >= 11 is 0. The summed E-state index contributed by atoms with van der Waals surface area (Å²) in [6, 6.07) is 3.95. The molecular formula is C16H20BF3O3. The van der Waals surface area contributed by atoms with Gasteiger partial charge in [-0.2, -0.15) is 13.2 Å². The summed E-state index contributed by atoms with van der Waals surface area (Å²) in [5, 5.41) is 0. The van der Waals surface area contributed by atoms with Gasteiger partial charge in [-0.25, -0.2) is 0 Å². The molecule has 2 fully saturated rings. The average Bonchev–Trinajstić information content (AvgIpc) is 3.16. The zero-order valence-electron chi connectivity index (χ0n) is 13.7. The van der Waals surface area contributed by atoms with Crippen molar-refractivity contribution in [3.8, 4) is 5.75 Å². The molecule has 1 saturated carbocycles. The number of ether oxygens (including phenoxy) is 1. The zero-order chi connectivity index (χ0) is 17.0. The number of rotatable bonds is 3. The number of hydrogen-bond donors (Lipinski definition) is 0. The summed E-state index contributed by atoms with van der Waals surface area (Å²) in [6.07, 6.45) is -2.79. The van der Waals surface area contributed by atoms with E-state index in [-0.39, 0.29) is 17.3 Å². The summed E-state index contributed by atoms with van der Waals surface area (Å²) in [6.45, 7) is 7.24. The lowest BCUT2D eigenvalue weighted by Crippen LogP contribution is -2.41. The van der Waals surface area contributed by atoms with Crippen molar-refractivity contribution in [1.29, 1.82) is 0 Å². The Bertz CT molecular complexity index is 593. The van der Waals surface area contributed by atoms with Crippen molar-refractivity contribution in [2.24, 2.45) is 0 Å². The standard InChI is InChI=1S/C16H20BF3O3/c1-14(2)15(3,4)23-17(22-14)13-11(16(18,19)20)6-5-7-12(13)21-10-8-9-10/h5-7,10H,8-9H2,1-4H3. The molecule has 0 amide bonds. The predicted molar refractivity (Wildman–Crippen MR) is 80.8 cm³/mol. The summed E-state index contributed by atoms with van der Waals surface area (Å²) in [5.74, 6) is 0.195. The van der Waals surface area contributed by atoms with Crippen molar-refractivity contribution in [1.82, 2.24) is 0 Å². The van der Waals surface area contributed by atoms with Crippen molar-refractivity contribution in [2.45, 2.75) is 64.0 Å². The lowest BCUT2D eigenvalue weighted by molar-refractivity contribution is -0.137. The molecule has 1 saturated heterocycles. The number of benzene rings is 1. The van der Waals surface area contributed by atoms with E-state index in [0.29, 0.717) is 0 Å². The number of hydrogen-bond acceptors (Lipinski definition) is 3. The first kappa shape index (κ1) is 16.6. The molecule has 23 heavy (non-hydrogen) atoms. The molecule has 0 bridgehead atoms. The van der Waals surface area contributed by atoms with Gasteiger partial charge in [0.1, 0.15) is 5.75 Å². The smallest absolute Gasteiger partial charge is 0.491 e. The number of halogens is 3. The van der Waals surface area contributed by atoms with E-state index in [1.807, 2.05) is 27.7 Å². The van der Waals surface area contributed by atoms with Crippen LogP contribution in [0.15, 0.2) is 18.2 Å². The van der Waals surface area contributed by atoms with Crippen LogP contribution >= 0.6 is 0 Å². The normalized spacial score (nSPS) is 23.2. The Kier molecular flexibility index (Phi) is 3.72. The van der Waals surface area contributed by atoms with Crippen LogP contribution in [0.5, 0.6) is 5.75 Å². The van der Waals surface area contributed by atoms with Gasteiger partial charge in [-0.15, -0.1) is 0 Å². The zero-order valence-corrected chi connectivity index (χ0v) is 13.7. The van der Waals surface area contributed by atoms with E-state index in [0.717, 1.165) is 18.9 Å². The first-order valence-electron chi connectivity index (χ1n) is 7.74. The second-order valence-corrected chi connectivity index (χ2v) is 7.12. The van der Waals surface area contributed by atoms with Crippen LogP contribution in [0.1, 0.15) is 46.1 Å². The van der Waals surface area contributed by atoms with Crippen LogP contribution < -0.4 is 10.2 Å². The Morgan fingerprint density at radius 1 is 1.09 bits per heavy atom. The van der Waals surface area contributed by atoms with Crippen molar-refractivity contribution >= 4 is 12.6 Å². The maximum atomic E-state index is 13.5. The Hall–Kier alpha value is -1.21. The third kappa shape index (κ3) is 3.09. The molecule has 1 aromatic rings. The Balaban J connectivity index is 2.05. The first-order chi connectivity index (χ1) is 10.5. The minimum absolute atomic E-state index is 0.0142. The fraction of sp³-hybridized carbons (Fsp3) is 0.625. The monoisotopic (exact) mass is 328 g/mol. The molecule has 2 aliphatic rings. The van der Waals surface area contributed by atoms with Gasteiger partial charge in [0.15, 0.2) is 0 Å². The van der Waals surface area contributed by atoms with E-state index >= 15 is 0 Å². The van der Waals surface area contributed by atoms with E-state index in [9.17, 15) is 13.2 Å². The highest BCUT2D eigenvalue weighted by molar-refractivity contribution is 6.63. The molecule has 1 aliphatic heterocycles. The molecule has 3 nitrogen and oxygen atoms in total. The highest BCUT2D eigenvalue weighted by atomic mass is 19.4. The minimum atomic E-state index is -4.50. The third-order valence-corrected chi connectivity index (χ3v) is 4.68. The van der Waals surface area contributed by atoms with Gasteiger partial charge in [0, 0.05) is 5.46 Å². The van der Waals surface area contributed by atoms with Crippen LogP contribution in [0.2, 0.25) is 0 Å². The van der Waals surface area contributed by atoms with Gasteiger partial charge in [0.25, 0.3) is 0 Å². The molecule has 1 aromatic carbocycles.